The lowest BCUT2D eigenvalue weighted by Crippen LogP contribution is -2.05. The molecule has 0 saturated carbocycles. The van der Waals surface area contributed by atoms with Gasteiger partial charge in [-0.15, -0.1) is 0 Å². The Hall–Kier alpha value is -2.04. The van der Waals surface area contributed by atoms with Crippen LogP contribution < -0.4 is 10.1 Å². The maximum atomic E-state index is 13.7. The van der Waals surface area contributed by atoms with Crippen LogP contribution in [0, 0.1) is 5.82 Å². The highest BCUT2D eigenvalue weighted by Crippen LogP contribution is 2.24. The molecule has 19 heavy (non-hydrogen) atoms. The summed E-state index contributed by atoms with van der Waals surface area (Å²) in [5, 5.41) is 3.10. The van der Waals surface area contributed by atoms with Crippen molar-refractivity contribution in [1.29, 1.82) is 0 Å². The van der Waals surface area contributed by atoms with Gasteiger partial charge in [0.05, 0.1) is 6.61 Å². The Labute approximate surface area is 112 Å². The van der Waals surface area contributed by atoms with Gasteiger partial charge in [-0.3, -0.25) is 0 Å². The molecule has 0 atom stereocenters. The summed E-state index contributed by atoms with van der Waals surface area (Å²) in [6.45, 7) is 6.39. The van der Waals surface area contributed by atoms with E-state index in [0.29, 0.717) is 18.2 Å². The zero-order chi connectivity index (χ0) is 13.8. The molecule has 0 amide bonds. The van der Waals surface area contributed by atoms with E-state index in [0.717, 1.165) is 0 Å². The van der Waals surface area contributed by atoms with Crippen molar-refractivity contribution in [3.05, 3.63) is 36.4 Å². The van der Waals surface area contributed by atoms with Crippen molar-refractivity contribution in [2.24, 2.45) is 0 Å². The summed E-state index contributed by atoms with van der Waals surface area (Å²) >= 11 is 0. The molecule has 0 radical (unpaired) electrons. The molecule has 2 aromatic rings. The van der Waals surface area contributed by atoms with E-state index in [1.54, 1.807) is 18.3 Å². The summed E-state index contributed by atoms with van der Waals surface area (Å²) in [5.74, 6) is 0.577. The molecule has 5 heteroatoms. The van der Waals surface area contributed by atoms with E-state index < -0.39 is 0 Å². The van der Waals surface area contributed by atoms with Gasteiger partial charge in [-0.2, -0.15) is 0 Å². The highest BCUT2D eigenvalue weighted by Gasteiger charge is 2.08. The van der Waals surface area contributed by atoms with E-state index in [4.69, 9.17) is 4.74 Å². The topological polar surface area (TPSA) is 39.1 Å². The number of imidazole rings is 1. The van der Waals surface area contributed by atoms with Crippen LogP contribution in [0.4, 0.5) is 16.0 Å². The third-order valence-corrected chi connectivity index (χ3v) is 2.71. The van der Waals surface area contributed by atoms with Gasteiger partial charge >= 0.3 is 0 Å². The lowest BCUT2D eigenvalue weighted by atomic mass is 10.3. The minimum Gasteiger partial charge on any atom is -0.491 e. The molecule has 102 valence electrons. The van der Waals surface area contributed by atoms with Gasteiger partial charge in [0.25, 0.3) is 0 Å². The normalized spacial score (nSPS) is 10.8. The second kappa shape index (κ2) is 5.73. The van der Waals surface area contributed by atoms with Crippen LogP contribution in [0.5, 0.6) is 5.75 Å². The first-order valence-corrected chi connectivity index (χ1v) is 6.34. The third kappa shape index (κ3) is 3.05. The smallest absolute Gasteiger partial charge is 0.207 e. The maximum absolute atomic E-state index is 13.7. The summed E-state index contributed by atoms with van der Waals surface area (Å²) in [7, 11) is 0. The van der Waals surface area contributed by atoms with Crippen LogP contribution in [0.3, 0.4) is 0 Å². The molecule has 0 unspecified atom stereocenters. The molecule has 0 aliphatic rings. The van der Waals surface area contributed by atoms with Crippen LogP contribution in [0.1, 0.15) is 26.8 Å². The lowest BCUT2D eigenvalue weighted by molar-refractivity contribution is 0.321. The predicted octanol–water partition coefficient (Wildman–Crippen LogP) is 3.75. The molecule has 4 nitrogen and oxygen atoms in total. The standard InChI is InChI=1S/C14H18FN3O/c1-4-19-13-6-5-11(9-12(13)15)17-14-16-7-8-18(14)10(2)3/h5-10H,4H2,1-3H3,(H,16,17). The molecule has 1 heterocycles. The number of nitrogens with zero attached hydrogens (tertiary/aromatic N) is 2. The van der Waals surface area contributed by atoms with Crippen molar-refractivity contribution < 1.29 is 9.13 Å². The second-order valence-corrected chi connectivity index (χ2v) is 4.46. The minimum atomic E-state index is -0.380. The second-order valence-electron chi connectivity index (χ2n) is 4.46. The van der Waals surface area contributed by atoms with Crippen LogP contribution in [0.25, 0.3) is 0 Å². The van der Waals surface area contributed by atoms with Crippen LogP contribution in [-0.4, -0.2) is 16.2 Å². The number of ether oxygens (including phenoxy) is 1. The van der Waals surface area contributed by atoms with Crippen molar-refractivity contribution >= 4 is 11.6 Å². The Morgan fingerprint density at radius 1 is 1.42 bits per heavy atom. The number of hydrogen-bond donors (Lipinski definition) is 1. The summed E-state index contributed by atoms with van der Waals surface area (Å²) < 4.78 is 20.9. The zero-order valence-corrected chi connectivity index (χ0v) is 11.4. The van der Waals surface area contributed by atoms with Gasteiger partial charge < -0.3 is 14.6 Å². The van der Waals surface area contributed by atoms with Crippen molar-refractivity contribution in [3.63, 3.8) is 0 Å². The van der Waals surface area contributed by atoms with Gasteiger partial charge in [-0.05, 0) is 32.9 Å². The van der Waals surface area contributed by atoms with E-state index in [1.165, 1.54) is 6.07 Å². The van der Waals surface area contributed by atoms with Crippen LogP contribution in [0.2, 0.25) is 0 Å². The van der Waals surface area contributed by atoms with E-state index in [2.05, 4.69) is 24.1 Å². The molecule has 1 aromatic carbocycles. The monoisotopic (exact) mass is 263 g/mol. The van der Waals surface area contributed by atoms with Crippen molar-refractivity contribution in [2.45, 2.75) is 26.8 Å². The summed E-state index contributed by atoms with van der Waals surface area (Å²) in [4.78, 5) is 4.22. The first-order valence-electron chi connectivity index (χ1n) is 6.34. The number of benzene rings is 1. The average Bonchev–Trinajstić information content (AvgIpc) is 2.81. The Bertz CT molecular complexity index is 551. The molecule has 0 fully saturated rings. The molecule has 0 aliphatic heterocycles. The average molecular weight is 263 g/mol. The molecule has 2 rings (SSSR count). The number of anilines is 2. The third-order valence-electron chi connectivity index (χ3n) is 2.71. The highest BCUT2D eigenvalue weighted by molar-refractivity contribution is 5.55. The van der Waals surface area contributed by atoms with Gasteiger partial charge in [0.2, 0.25) is 5.95 Å². The van der Waals surface area contributed by atoms with Crippen molar-refractivity contribution in [3.8, 4) is 5.75 Å². The van der Waals surface area contributed by atoms with Gasteiger partial charge in [-0.25, -0.2) is 9.37 Å². The minimum absolute atomic E-state index is 0.264. The maximum Gasteiger partial charge on any atom is 0.207 e. The first-order chi connectivity index (χ1) is 9.11. The number of halogens is 1. The zero-order valence-electron chi connectivity index (χ0n) is 11.4. The Morgan fingerprint density at radius 3 is 2.84 bits per heavy atom. The number of aromatic nitrogens is 2. The molecule has 0 spiro atoms. The summed E-state index contributed by atoms with van der Waals surface area (Å²) in [6.07, 6.45) is 3.60. The van der Waals surface area contributed by atoms with Gasteiger partial charge in [0.15, 0.2) is 11.6 Å². The molecule has 1 aromatic heterocycles. The Balaban J connectivity index is 2.19. The van der Waals surface area contributed by atoms with Crippen molar-refractivity contribution in [2.75, 3.05) is 11.9 Å². The number of rotatable bonds is 5. The lowest BCUT2D eigenvalue weighted by Gasteiger charge is -2.13. The molecule has 0 aliphatic carbocycles. The van der Waals surface area contributed by atoms with Gasteiger partial charge in [0, 0.05) is 30.2 Å². The largest absolute Gasteiger partial charge is 0.491 e. The van der Waals surface area contributed by atoms with E-state index in [1.807, 2.05) is 17.7 Å². The fraction of sp³-hybridized carbons (Fsp3) is 0.357. The predicted molar refractivity (Wildman–Crippen MR) is 73.5 cm³/mol. The van der Waals surface area contributed by atoms with E-state index in [-0.39, 0.29) is 17.6 Å². The molecule has 0 bridgehead atoms. The van der Waals surface area contributed by atoms with Crippen molar-refractivity contribution in [1.82, 2.24) is 9.55 Å². The van der Waals surface area contributed by atoms with E-state index >= 15 is 0 Å². The number of hydrogen-bond acceptors (Lipinski definition) is 3. The Morgan fingerprint density at radius 2 is 2.21 bits per heavy atom. The summed E-state index contributed by atoms with van der Waals surface area (Å²) in [6, 6.07) is 5.08. The molecule has 1 N–H and O–H groups in total. The van der Waals surface area contributed by atoms with Gasteiger partial charge in [0.1, 0.15) is 0 Å². The Kier molecular flexibility index (Phi) is 4.04. The summed E-state index contributed by atoms with van der Waals surface area (Å²) in [5.41, 5.74) is 0.647. The SMILES string of the molecule is CCOc1ccc(Nc2nccn2C(C)C)cc1F. The van der Waals surface area contributed by atoms with Crippen LogP contribution in [-0.2, 0) is 0 Å². The van der Waals surface area contributed by atoms with Crippen LogP contribution in [0.15, 0.2) is 30.6 Å². The molecular formula is C14H18FN3O. The quantitative estimate of drug-likeness (QED) is 0.893. The first kappa shape index (κ1) is 13.4. The molecular weight excluding hydrogens is 245 g/mol. The van der Waals surface area contributed by atoms with Crippen LogP contribution >= 0.6 is 0 Å². The fourth-order valence-electron chi connectivity index (χ4n) is 1.81. The van der Waals surface area contributed by atoms with Gasteiger partial charge in [-0.1, -0.05) is 0 Å². The molecule has 0 saturated heterocycles. The fourth-order valence-corrected chi connectivity index (χ4v) is 1.81. The highest BCUT2D eigenvalue weighted by atomic mass is 19.1. The number of nitrogens with one attached hydrogen (secondary N) is 1. The van der Waals surface area contributed by atoms with E-state index in [9.17, 15) is 4.39 Å².